The third kappa shape index (κ3) is 5.08. The lowest BCUT2D eigenvalue weighted by molar-refractivity contribution is -0.142. The minimum absolute atomic E-state index is 0.0562. The van der Waals surface area contributed by atoms with E-state index >= 15 is 0 Å². The monoisotopic (exact) mass is 365 g/mol. The van der Waals surface area contributed by atoms with E-state index in [1.807, 2.05) is 0 Å². The second kappa shape index (κ2) is 9.19. The molecule has 2 unspecified atom stereocenters. The number of carboxylic acids is 1. The van der Waals surface area contributed by atoms with Crippen LogP contribution in [0.3, 0.4) is 0 Å². The van der Waals surface area contributed by atoms with Gasteiger partial charge >= 0.3 is 11.9 Å². The van der Waals surface area contributed by atoms with Crippen LogP contribution in [-0.2, 0) is 14.3 Å². The van der Waals surface area contributed by atoms with Gasteiger partial charge in [-0.3, -0.25) is 9.59 Å². The minimum atomic E-state index is -0.892. The molecule has 0 saturated heterocycles. The van der Waals surface area contributed by atoms with Crippen molar-refractivity contribution in [2.45, 2.75) is 83.5 Å². The fraction of sp³-hybridized carbons (Fsp3) is 0.750. The van der Waals surface area contributed by atoms with E-state index in [2.05, 4.69) is 25.9 Å². The summed E-state index contributed by atoms with van der Waals surface area (Å²) in [5.41, 5.74) is 1.81. The van der Waals surface area contributed by atoms with Gasteiger partial charge in [-0.05, 0) is 37.5 Å². The standard InChI is InChI=1S/C20H31NO5/c1-12(2)5-7-14-8-6-13(3)18-19(21-26-20(14)18)15(11-16(22)23)9-10-17(24)25-4/h12-15H,5-11H2,1-4H3,(H,22,23)/t13?,14?,15-/m0/s1. The van der Waals surface area contributed by atoms with Crippen molar-refractivity contribution in [1.82, 2.24) is 5.16 Å². The molecule has 0 saturated carbocycles. The maximum atomic E-state index is 11.5. The lowest BCUT2D eigenvalue weighted by Crippen LogP contribution is -2.16. The number of carbonyl (C=O) groups is 2. The van der Waals surface area contributed by atoms with Crippen LogP contribution in [-0.4, -0.2) is 29.3 Å². The molecule has 0 radical (unpaired) electrons. The number of rotatable bonds is 9. The van der Waals surface area contributed by atoms with Gasteiger partial charge < -0.3 is 14.4 Å². The summed E-state index contributed by atoms with van der Waals surface area (Å²) in [5.74, 6) is 0.683. The van der Waals surface area contributed by atoms with Gasteiger partial charge in [0, 0.05) is 23.8 Å². The first-order valence-corrected chi connectivity index (χ1v) is 9.61. The fourth-order valence-electron chi connectivity index (χ4n) is 3.88. The third-order valence-corrected chi connectivity index (χ3v) is 5.42. The second-order valence-corrected chi connectivity index (χ2v) is 7.90. The fourth-order valence-corrected chi connectivity index (χ4v) is 3.88. The average Bonchev–Trinajstić information content (AvgIpc) is 3.03. The molecule has 1 aromatic heterocycles. The van der Waals surface area contributed by atoms with Crippen molar-refractivity contribution >= 4 is 11.9 Å². The van der Waals surface area contributed by atoms with E-state index in [0.29, 0.717) is 24.2 Å². The third-order valence-electron chi connectivity index (χ3n) is 5.42. The summed E-state index contributed by atoms with van der Waals surface area (Å²) in [6, 6.07) is 0. The summed E-state index contributed by atoms with van der Waals surface area (Å²) in [5, 5.41) is 13.6. The highest BCUT2D eigenvalue weighted by molar-refractivity contribution is 5.70. The molecule has 0 aliphatic heterocycles. The number of hydrogen-bond donors (Lipinski definition) is 1. The number of aliphatic carboxylic acids is 1. The maximum Gasteiger partial charge on any atom is 0.305 e. The molecule has 1 aliphatic carbocycles. The normalized spacial score (nSPS) is 20.7. The summed E-state index contributed by atoms with van der Waals surface area (Å²) >= 11 is 0. The van der Waals surface area contributed by atoms with Gasteiger partial charge in [0.1, 0.15) is 5.76 Å². The molecular formula is C20H31NO5. The van der Waals surface area contributed by atoms with Crippen molar-refractivity contribution < 1.29 is 24.0 Å². The SMILES string of the molecule is COC(=O)CC[C@@H](CC(=O)O)c1noc2c1C(C)CCC2CCC(C)C. The molecule has 1 aliphatic rings. The van der Waals surface area contributed by atoms with Crippen LogP contribution in [0, 0.1) is 5.92 Å². The van der Waals surface area contributed by atoms with E-state index in [4.69, 9.17) is 9.26 Å². The van der Waals surface area contributed by atoms with Crippen molar-refractivity contribution in [1.29, 1.82) is 0 Å². The van der Waals surface area contributed by atoms with Gasteiger partial charge in [-0.25, -0.2) is 0 Å². The van der Waals surface area contributed by atoms with E-state index in [-0.39, 0.29) is 24.7 Å². The van der Waals surface area contributed by atoms with Gasteiger partial charge in [-0.1, -0.05) is 32.3 Å². The van der Waals surface area contributed by atoms with Crippen LogP contribution < -0.4 is 0 Å². The summed E-state index contributed by atoms with van der Waals surface area (Å²) < 4.78 is 10.4. The topological polar surface area (TPSA) is 89.6 Å². The van der Waals surface area contributed by atoms with Crippen molar-refractivity contribution in [3.05, 3.63) is 17.0 Å². The van der Waals surface area contributed by atoms with Gasteiger partial charge in [0.2, 0.25) is 0 Å². The Morgan fingerprint density at radius 2 is 2.04 bits per heavy atom. The van der Waals surface area contributed by atoms with Crippen molar-refractivity contribution in [2.24, 2.45) is 5.92 Å². The van der Waals surface area contributed by atoms with Gasteiger partial charge in [0.15, 0.2) is 0 Å². The quantitative estimate of drug-likeness (QED) is 0.643. The van der Waals surface area contributed by atoms with Gasteiger partial charge in [0.05, 0.1) is 19.2 Å². The highest BCUT2D eigenvalue weighted by Crippen LogP contribution is 2.45. The molecule has 1 heterocycles. The summed E-state index contributed by atoms with van der Waals surface area (Å²) in [6.45, 7) is 6.58. The van der Waals surface area contributed by atoms with Crippen molar-refractivity contribution in [3.8, 4) is 0 Å². The molecule has 26 heavy (non-hydrogen) atoms. The molecule has 3 atom stereocenters. The highest BCUT2D eigenvalue weighted by Gasteiger charge is 2.35. The molecular weight excluding hydrogens is 334 g/mol. The Labute approximate surface area is 155 Å². The van der Waals surface area contributed by atoms with Crippen LogP contribution in [0.2, 0.25) is 0 Å². The number of esters is 1. The Hall–Kier alpha value is -1.85. The molecule has 0 bridgehead atoms. The Kier molecular flexibility index (Phi) is 7.23. The molecule has 6 nitrogen and oxygen atoms in total. The Morgan fingerprint density at radius 3 is 2.65 bits per heavy atom. The van der Waals surface area contributed by atoms with E-state index in [9.17, 15) is 14.7 Å². The zero-order chi connectivity index (χ0) is 19.3. The first-order valence-electron chi connectivity index (χ1n) is 9.61. The lowest BCUT2D eigenvalue weighted by atomic mass is 9.76. The largest absolute Gasteiger partial charge is 0.481 e. The molecule has 0 aromatic carbocycles. The van der Waals surface area contributed by atoms with Gasteiger partial charge in [0.25, 0.3) is 0 Å². The molecule has 146 valence electrons. The highest BCUT2D eigenvalue weighted by atomic mass is 16.5. The Balaban J connectivity index is 2.26. The predicted octanol–water partition coefficient (Wildman–Crippen LogP) is 4.60. The molecule has 0 fully saturated rings. The van der Waals surface area contributed by atoms with E-state index in [0.717, 1.165) is 42.7 Å². The number of aromatic nitrogens is 1. The number of hydrogen-bond acceptors (Lipinski definition) is 5. The molecule has 1 N–H and O–H groups in total. The zero-order valence-corrected chi connectivity index (χ0v) is 16.3. The smallest absolute Gasteiger partial charge is 0.305 e. The summed E-state index contributed by atoms with van der Waals surface area (Å²) in [4.78, 5) is 22.8. The van der Waals surface area contributed by atoms with Gasteiger partial charge in [-0.2, -0.15) is 0 Å². The van der Waals surface area contributed by atoms with Crippen LogP contribution in [0.1, 0.15) is 100 Å². The number of carbonyl (C=O) groups excluding carboxylic acids is 1. The van der Waals surface area contributed by atoms with Crippen molar-refractivity contribution in [3.63, 3.8) is 0 Å². The van der Waals surface area contributed by atoms with Crippen LogP contribution in [0.15, 0.2) is 4.52 Å². The summed E-state index contributed by atoms with van der Waals surface area (Å²) in [6.07, 6.45) is 4.87. The van der Waals surface area contributed by atoms with E-state index in [1.54, 1.807) is 0 Å². The maximum absolute atomic E-state index is 11.5. The van der Waals surface area contributed by atoms with Crippen LogP contribution in [0.5, 0.6) is 0 Å². The molecule has 2 rings (SSSR count). The predicted molar refractivity (Wildman–Crippen MR) is 97.2 cm³/mol. The number of ether oxygens (including phenoxy) is 1. The Bertz CT molecular complexity index is 622. The van der Waals surface area contributed by atoms with E-state index in [1.165, 1.54) is 7.11 Å². The molecule has 6 heteroatoms. The second-order valence-electron chi connectivity index (χ2n) is 7.90. The van der Waals surface area contributed by atoms with Crippen LogP contribution >= 0.6 is 0 Å². The molecule has 1 aromatic rings. The lowest BCUT2D eigenvalue weighted by Gasteiger charge is -2.26. The minimum Gasteiger partial charge on any atom is -0.481 e. The first kappa shape index (κ1) is 20.5. The molecule has 0 amide bonds. The molecule has 0 spiro atoms. The van der Waals surface area contributed by atoms with Gasteiger partial charge in [-0.15, -0.1) is 0 Å². The number of fused-ring (bicyclic) bond motifs is 1. The number of methoxy groups -OCH3 is 1. The number of nitrogens with zero attached hydrogens (tertiary/aromatic N) is 1. The Morgan fingerprint density at radius 1 is 1.31 bits per heavy atom. The first-order chi connectivity index (χ1) is 12.3. The average molecular weight is 365 g/mol. The zero-order valence-electron chi connectivity index (χ0n) is 16.3. The van der Waals surface area contributed by atoms with Crippen LogP contribution in [0.25, 0.3) is 0 Å². The number of carboxylic acid groups (broad SMARTS) is 1. The summed E-state index contributed by atoms with van der Waals surface area (Å²) in [7, 11) is 1.34. The van der Waals surface area contributed by atoms with E-state index < -0.39 is 5.97 Å². The van der Waals surface area contributed by atoms with Crippen molar-refractivity contribution in [2.75, 3.05) is 7.11 Å². The van der Waals surface area contributed by atoms with Crippen LogP contribution in [0.4, 0.5) is 0 Å².